The van der Waals surface area contributed by atoms with E-state index in [1.807, 2.05) is 61.5 Å². The second-order valence-corrected chi connectivity index (χ2v) is 5.71. The predicted octanol–water partition coefficient (Wildman–Crippen LogP) is 4.94. The van der Waals surface area contributed by atoms with Gasteiger partial charge in [0.25, 0.3) is 0 Å². The Morgan fingerprint density at radius 1 is 0.846 bits per heavy atom. The third-order valence-corrected chi connectivity index (χ3v) is 3.78. The number of benzene rings is 3. The van der Waals surface area contributed by atoms with E-state index in [9.17, 15) is 4.79 Å². The molecule has 0 aliphatic rings. The molecule has 0 radical (unpaired) electrons. The minimum absolute atomic E-state index is 0.350. The minimum Gasteiger partial charge on any atom is -0.465 e. The van der Waals surface area contributed by atoms with E-state index in [4.69, 9.17) is 9.47 Å². The fraction of sp³-hybridized carbons (Fsp3) is 0.0909. The van der Waals surface area contributed by atoms with Crippen molar-refractivity contribution in [3.05, 3.63) is 95.6 Å². The lowest BCUT2D eigenvalue weighted by molar-refractivity contribution is 0.0598. The van der Waals surface area contributed by atoms with Gasteiger partial charge in [0, 0.05) is 5.56 Å². The number of para-hydroxylation sites is 1. The fourth-order valence-corrected chi connectivity index (χ4v) is 2.40. The molecule has 0 aliphatic heterocycles. The lowest BCUT2D eigenvalue weighted by atomic mass is 10.2. The summed E-state index contributed by atoms with van der Waals surface area (Å²) in [5, 5.41) is 0. The van der Waals surface area contributed by atoms with Gasteiger partial charge in [-0.15, -0.1) is 0 Å². The average Bonchev–Trinajstić information content (AvgIpc) is 2.69. The van der Waals surface area contributed by atoms with Crippen LogP contribution in [0.2, 0.25) is 0 Å². The molecule has 4 heteroatoms. The number of carbonyl (C=O) groups is 1. The Hall–Kier alpha value is -3.40. The van der Waals surface area contributed by atoms with Gasteiger partial charge in [0.15, 0.2) is 0 Å². The second kappa shape index (κ2) is 8.12. The third-order valence-electron chi connectivity index (χ3n) is 3.78. The van der Waals surface area contributed by atoms with E-state index in [-0.39, 0.29) is 0 Å². The molecular formula is C22H19NO3. The van der Waals surface area contributed by atoms with Gasteiger partial charge in [0.1, 0.15) is 11.3 Å². The van der Waals surface area contributed by atoms with E-state index in [1.54, 1.807) is 24.3 Å². The number of rotatable bonds is 4. The first-order valence-corrected chi connectivity index (χ1v) is 8.23. The molecule has 0 bridgehead atoms. The van der Waals surface area contributed by atoms with Gasteiger partial charge in [-0.3, -0.25) is 0 Å². The van der Waals surface area contributed by atoms with Crippen LogP contribution < -0.4 is 4.74 Å². The number of nitrogens with zero attached hydrogens (tertiary/aromatic N) is 1. The standard InChI is InChI=1S/C22H19NO3/c1-16-12-14-18(15-13-16)23-21(17-8-4-3-5-9-17)26-20-11-7-6-10-19(20)22(24)25-2/h3-15H,1-2H3. The van der Waals surface area contributed by atoms with Crippen molar-refractivity contribution >= 4 is 17.6 Å². The first-order valence-electron chi connectivity index (χ1n) is 8.23. The van der Waals surface area contributed by atoms with E-state index in [2.05, 4.69) is 4.99 Å². The normalized spacial score (nSPS) is 11.1. The van der Waals surface area contributed by atoms with Gasteiger partial charge in [-0.05, 0) is 43.3 Å². The fourth-order valence-electron chi connectivity index (χ4n) is 2.40. The summed E-state index contributed by atoms with van der Waals surface area (Å²) in [6.07, 6.45) is 0. The summed E-state index contributed by atoms with van der Waals surface area (Å²) in [6, 6.07) is 24.3. The SMILES string of the molecule is COC(=O)c1ccccc1OC(=Nc1ccc(C)cc1)c1ccccc1. The van der Waals surface area contributed by atoms with Crippen LogP contribution in [0.5, 0.6) is 5.75 Å². The van der Waals surface area contributed by atoms with Crippen LogP contribution >= 0.6 is 0 Å². The molecule has 130 valence electrons. The van der Waals surface area contributed by atoms with Crippen LogP contribution in [0.25, 0.3) is 0 Å². The van der Waals surface area contributed by atoms with Crippen LogP contribution in [0.4, 0.5) is 5.69 Å². The van der Waals surface area contributed by atoms with E-state index >= 15 is 0 Å². The van der Waals surface area contributed by atoms with Gasteiger partial charge in [-0.25, -0.2) is 9.79 Å². The lowest BCUT2D eigenvalue weighted by Crippen LogP contribution is -2.13. The highest BCUT2D eigenvalue weighted by atomic mass is 16.5. The van der Waals surface area contributed by atoms with Gasteiger partial charge in [0.2, 0.25) is 5.90 Å². The van der Waals surface area contributed by atoms with Crippen LogP contribution in [0.1, 0.15) is 21.5 Å². The zero-order chi connectivity index (χ0) is 18.4. The molecule has 0 fully saturated rings. The van der Waals surface area contributed by atoms with Gasteiger partial charge >= 0.3 is 5.97 Å². The molecule has 0 N–H and O–H groups in total. The molecule has 0 heterocycles. The van der Waals surface area contributed by atoms with Crippen molar-refractivity contribution in [2.75, 3.05) is 7.11 Å². The van der Waals surface area contributed by atoms with Gasteiger partial charge in [0.05, 0.1) is 12.8 Å². The molecule has 0 amide bonds. The van der Waals surface area contributed by atoms with E-state index in [0.29, 0.717) is 17.2 Å². The summed E-state index contributed by atoms with van der Waals surface area (Å²) in [6.45, 7) is 2.02. The summed E-state index contributed by atoms with van der Waals surface area (Å²) < 4.78 is 10.9. The number of aryl methyl sites for hydroxylation is 1. The van der Waals surface area contributed by atoms with Crippen molar-refractivity contribution in [1.82, 2.24) is 0 Å². The number of hydrogen-bond donors (Lipinski definition) is 0. The monoisotopic (exact) mass is 345 g/mol. The Morgan fingerprint density at radius 3 is 2.19 bits per heavy atom. The number of methoxy groups -OCH3 is 1. The van der Waals surface area contributed by atoms with Gasteiger partial charge < -0.3 is 9.47 Å². The van der Waals surface area contributed by atoms with Gasteiger partial charge in [-0.1, -0.05) is 48.0 Å². The van der Waals surface area contributed by atoms with Crippen molar-refractivity contribution in [3.63, 3.8) is 0 Å². The molecule has 3 rings (SSSR count). The molecule has 4 nitrogen and oxygen atoms in total. The highest BCUT2D eigenvalue weighted by molar-refractivity contribution is 5.99. The van der Waals surface area contributed by atoms with Crippen molar-refractivity contribution in [2.45, 2.75) is 6.92 Å². The Kier molecular flexibility index (Phi) is 5.44. The smallest absolute Gasteiger partial charge is 0.341 e. The third kappa shape index (κ3) is 4.16. The highest BCUT2D eigenvalue weighted by Crippen LogP contribution is 2.22. The Labute approximate surface area is 152 Å². The average molecular weight is 345 g/mol. The number of esters is 1. The van der Waals surface area contributed by atoms with E-state index in [0.717, 1.165) is 16.8 Å². The largest absolute Gasteiger partial charge is 0.465 e. The summed E-state index contributed by atoms with van der Waals surface area (Å²) >= 11 is 0. The minimum atomic E-state index is -0.455. The van der Waals surface area contributed by atoms with Crippen LogP contribution in [0.15, 0.2) is 83.9 Å². The molecule has 3 aromatic rings. The number of ether oxygens (including phenoxy) is 2. The molecule has 0 aromatic heterocycles. The summed E-state index contributed by atoms with van der Waals surface area (Å²) in [7, 11) is 1.34. The molecule has 3 aromatic carbocycles. The lowest BCUT2D eigenvalue weighted by Gasteiger charge is -2.12. The predicted molar refractivity (Wildman–Crippen MR) is 102 cm³/mol. The maximum atomic E-state index is 12.0. The number of carbonyl (C=O) groups excluding carboxylic acids is 1. The summed E-state index contributed by atoms with van der Waals surface area (Å²) in [5.74, 6) is 0.350. The van der Waals surface area contributed by atoms with Crippen LogP contribution in [-0.4, -0.2) is 19.0 Å². The van der Waals surface area contributed by atoms with Crippen LogP contribution in [-0.2, 0) is 4.74 Å². The Balaban J connectivity index is 2.03. The molecule has 0 unspecified atom stereocenters. The van der Waals surface area contributed by atoms with Crippen molar-refractivity contribution in [3.8, 4) is 5.75 Å². The molecule has 26 heavy (non-hydrogen) atoms. The maximum Gasteiger partial charge on any atom is 0.341 e. The van der Waals surface area contributed by atoms with E-state index in [1.165, 1.54) is 7.11 Å². The van der Waals surface area contributed by atoms with Crippen molar-refractivity contribution < 1.29 is 14.3 Å². The number of hydrogen-bond acceptors (Lipinski definition) is 4. The number of aliphatic imine (C=N–C) groups is 1. The van der Waals surface area contributed by atoms with Crippen LogP contribution in [0.3, 0.4) is 0 Å². The molecule has 0 spiro atoms. The Bertz CT molecular complexity index is 916. The van der Waals surface area contributed by atoms with Crippen molar-refractivity contribution in [2.24, 2.45) is 4.99 Å². The summed E-state index contributed by atoms with van der Waals surface area (Å²) in [5.41, 5.74) is 3.09. The quantitative estimate of drug-likeness (QED) is 0.382. The molecule has 0 saturated heterocycles. The summed E-state index contributed by atoms with van der Waals surface area (Å²) in [4.78, 5) is 16.6. The van der Waals surface area contributed by atoms with Gasteiger partial charge in [-0.2, -0.15) is 0 Å². The molecule has 0 aliphatic carbocycles. The first-order chi connectivity index (χ1) is 12.7. The maximum absolute atomic E-state index is 12.0. The zero-order valence-corrected chi connectivity index (χ0v) is 14.7. The van der Waals surface area contributed by atoms with E-state index < -0.39 is 5.97 Å². The zero-order valence-electron chi connectivity index (χ0n) is 14.7. The topological polar surface area (TPSA) is 47.9 Å². The van der Waals surface area contributed by atoms with Crippen LogP contribution in [0, 0.1) is 6.92 Å². The van der Waals surface area contributed by atoms with Crippen molar-refractivity contribution in [1.29, 1.82) is 0 Å². The first kappa shape index (κ1) is 17.4. The molecular weight excluding hydrogens is 326 g/mol. The molecule has 0 saturated carbocycles. The highest BCUT2D eigenvalue weighted by Gasteiger charge is 2.15. The Morgan fingerprint density at radius 2 is 1.50 bits per heavy atom. The molecule has 0 atom stereocenters. The second-order valence-electron chi connectivity index (χ2n) is 5.71.